The molecule has 8 heteroatoms. The van der Waals surface area contributed by atoms with Crippen molar-refractivity contribution in [3.63, 3.8) is 0 Å². The van der Waals surface area contributed by atoms with E-state index < -0.39 is 0 Å². The SMILES string of the molecule is COc1ccc(C)cc1-n1nnnc1S[C@H](C)C(=O)N1C[C@@H](C)C[C@H](C)C1. The Morgan fingerprint density at radius 2 is 2.00 bits per heavy atom. The molecular formula is C19H27N5O2S. The molecule has 0 spiro atoms. The predicted octanol–water partition coefficient (Wildman–Crippen LogP) is 2.96. The Labute approximate surface area is 164 Å². The normalized spacial score (nSPS) is 21.1. The summed E-state index contributed by atoms with van der Waals surface area (Å²) in [5.41, 5.74) is 1.85. The van der Waals surface area contributed by atoms with Crippen molar-refractivity contribution in [3.8, 4) is 11.4 Å². The number of nitrogens with zero attached hydrogens (tertiary/aromatic N) is 5. The van der Waals surface area contributed by atoms with Crippen LogP contribution in [0.2, 0.25) is 0 Å². The summed E-state index contributed by atoms with van der Waals surface area (Å²) in [5, 5.41) is 12.4. The maximum atomic E-state index is 12.9. The molecule has 146 valence electrons. The summed E-state index contributed by atoms with van der Waals surface area (Å²) < 4.78 is 7.09. The van der Waals surface area contributed by atoms with Crippen molar-refractivity contribution in [3.05, 3.63) is 23.8 Å². The van der Waals surface area contributed by atoms with Gasteiger partial charge in [-0.1, -0.05) is 31.7 Å². The molecule has 1 aromatic carbocycles. The van der Waals surface area contributed by atoms with Crippen molar-refractivity contribution in [1.82, 2.24) is 25.1 Å². The van der Waals surface area contributed by atoms with Gasteiger partial charge in [-0.3, -0.25) is 4.79 Å². The zero-order valence-electron chi connectivity index (χ0n) is 16.5. The number of carbonyl (C=O) groups excluding carboxylic acids is 1. The van der Waals surface area contributed by atoms with E-state index in [9.17, 15) is 4.79 Å². The third kappa shape index (κ3) is 4.43. The minimum atomic E-state index is -0.261. The Morgan fingerprint density at radius 3 is 2.67 bits per heavy atom. The van der Waals surface area contributed by atoms with E-state index in [1.54, 1.807) is 11.8 Å². The molecule has 1 aliphatic rings. The van der Waals surface area contributed by atoms with E-state index in [4.69, 9.17) is 4.74 Å². The number of benzene rings is 1. The molecule has 1 fully saturated rings. The van der Waals surface area contributed by atoms with Gasteiger partial charge in [-0.25, -0.2) is 0 Å². The fourth-order valence-electron chi connectivity index (χ4n) is 3.68. The highest BCUT2D eigenvalue weighted by Crippen LogP contribution is 2.30. The smallest absolute Gasteiger partial charge is 0.235 e. The molecular weight excluding hydrogens is 362 g/mol. The zero-order valence-corrected chi connectivity index (χ0v) is 17.4. The molecule has 1 aromatic heterocycles. The third-order valence-corrected chi connectivity index (χ3v) is 5.83. The second-order valence-electron chi connectivity index (χ2n) is 7.50. The van der Waals surface area contributed by atoms with Gasteiger partial charge in [0.05, 0.1) is 12.4 Å². The molecule has 0 aliphatic carbocycles. The lowest BCUT2D eigenvalue weighted by Gasteiger charge is -2.36. The first-order valence-corrected chi connectivity index (χ1v) is 10.2. The number of piperidine rings is 1. The zero-order chi connectivity index (χ0) is 19.6. The number of thioether (sulfide) groups is 1. The number of tetrazole rings is 1. The lowest BCUT2D eigenvalue weighted by Crippen LogP contribution is -2.45. The van der Waals surface area contributed by atoms with E-state index in [2.05, 4.69) is 29.4 Å². The molecule has 0 N–H and O–H groups in total. The summed E-state index contributed by atoms with van der Waals surface area (Å²) in [6.45, 7) is 9.99. The van der Waals surface area contributed by atoms with Gasteiger partial charge in [0.25, 0.3) is 0 Å². The molecule has 27 heavy (non-hydrogen) atoms. The Hall–Kier alpha value is -2.09. The van der Waals surface area contributed by atoms with E-state index in [0.29, 0.717) is 22.7 Å². The van der Waals surface area contributed by atoms with Crippen molar-refractivity contribution in [2.24, 2.45) is 11.8 Å². The number of methoxy groups -OCH3 is 1. The number of amides is 1. The number of likely N-dealkylation sites (tertiary alicyclic amines) is 1. The molecule has 3 atom stereocenters. The topological polar surface area (TPSA) is 73.1 Å². The highest BCUT2D eigenvalue weighted by molar-refractivity contribution is 8.00. The van der Waals surface area contributed by atoms with Gasteiger partial charge >= 0.3 is 0 Å². The van der Waals surface area contributed by atoms with Crippen LogP contribution in [0.5, 0.6) is 5.75 Å². The van der Waals surface area contributed by atoms with Gasteiger partial charge in [0.1, 0.15) is 11.4 Å². The van der Waals surface area contributed by atoms with Gasteiger partial charge in [0, 0.05) is 13.1 Å². The fourth-order valence-corrected chi connectivity index (χ4v) is 4.56. The Morgan fingerprint density at radius 1 is 1.30 bits per heavy atom. The number of carbonyl (C=O) groups is 1. The molecule has 1 saturated heterocycles. The molecule has 2 aromatic rings. The predicted molar refractivity (Wildman–Crippen MR) is 105 cm³/mol. The molecule has 1 aliphatic heterocycles. The minimum absolute atomic E-state index is 0.143. The van der Waals surface area contributed by atoms with Crippen LogP contribution < -0.4 is 4.74 Å². The average molecular weight is 390 g/mol. The summed E-state index contributed by atoms with van der Waals surface area (Å²) >= 11 is 1.38. The second kappa shape index (κ2) is 8.29. The Kier molecular flexibility index (Phi) is 6.04. The number of ether oxygens (including phenoxy) is 1. The Bertz CT molecular complexity index is 799. The lowest BCUT2D eigenvalue weighted by atomic mass is 9.92. The fraction of sp³-hybridized carbons (Fsp3) is 0.579. The summed E-state index contributed by atoms with van der Waals surface area (Å²) in [5.74, 6) is 1.91. The van der Waals surface area contributed by atoms with Crippen LogP contribution in [0.15, 0.2) is 23.4 Å². The van der Waals surface area contributed by atoms with Gasteiger partial charge in [0.15, 0.2) is 0 Å². The standard InChI is InChI=1S/C19H27N5O2S/c1-12-6-7-17(26-5)16(9-12)24-19(20-21-22-24)27-15(4)18(25)23-10-13(2)8-14(3)11-23/h6-7,9,13-15H,8,10-11H2,1-5H3/t13-,14-,15+/m0/s1. The third-order valence-electron chi connectivity index (χ3n) is 4.81. The number of hydrogen-bond donors (Lipinski definition) is 0. The lowest BCUT2D eigenvalue weighted by molar-refractivity contribution is -0.132. The van der Waals surface area contributed by atoms with Crippen molar-refractivity contribution in [2.75, 3.05) is 20.2 Å². The molecule has 3 rings (SSSR count). The minimum Gasteiger partial charge on any atom is -0.494 e. The summed E-state index contributed by atoms with van der Waals surface area (Å²) in [6, 6.07) is 5.84. The van der Waals surface area contributed by atoms with Crippen LogP contribution in [0.25, 0.3) is 5.69 Å². The van der Waals surface area contributed by atoms with Crippen LogP contribution in [0.4, 0.5) is 0 Å². The van der Waals surface area contributed by atoms with Crippen molar-refractivity contribution >= 4 is 17.7 Å². The van der Waals surface area contributed by atoms with E-state index in [1.165, 1.54) is 18.2 Å². The number of aromatic nitrogens is 4. The highest BCUT2D eigenvalue weighted by Gasteiger charge is 2.30. The number of aryl methyl sites for hydroxylation is 1. The van der Waals surface area contributed by atoms with Crippen molar-refractivity contribution < 1.29 is 9.53 Å². The van der Waals surface area contributed by atoms with Gasteiger partial charge in [-0.2, -0.15) is 4.68 Å². The van der Waals surface area contributed by atoms with E-state index in [-0.39, 0.29) is 11.2 Å². The molecule has 0 unspecified atom stereocenters. The Balaban J connectivity index is 1.78. The van der Waals surface area contributed by atoms with Crippen molar-refractivity contribution in [2.45, 2.75) is 44.5 Å². The maximum absolute atomic E-state index is 12.9. The van der Waals surface area contributed by atoms with Gasteiger partial charge in [-0.05, 0) is 60.2 Å². The largest absolute Gasteiger partial charge is 0.494 e. The first kappa shape index (κ1) is 19.7. The van der Waals surface area contributed by atoms with Crippen LogP contribution in [0.3, 0.4) is 0 Å². The first-order valence-electron chi connectivity index (χ1n) is 9.27. The van der Waals surface area contributed by atoms with E-state index >= 15 is 0 Å². The molecule has 1 amide bonds. The van der Waals surface area contributed by atoms with Crippen LogP contribution in [0.1, 0.15) is 32.8 Å². The quantitative estimate of drug-likeness (QED) is 0.732. The van der Waals surface area contributed by atoms with Gasteiger partial charge < -0.3 is 9.64 Å². The monoisotopic (exact) mass is 389 g/mol. The van der Waals surface area contributed by atoms with E-state index in [0.717, 1.165) is 24.3 Å². The second-order valence-corrected chi connectivity index (χ2v) is 8.81. The van der Waals surface area contributed by atoms with Crippen LogP contribution >= 0.6 is 11.8 Å². The molecule has 0 radical (unpaired) electrons. The molecule has 7 nitrogen and oxygen atoms in total. The summed E-state index contributed by atoms with van der Waals surface area (Å²) in [4.78, 5) is 14.9. The summed E-state index contributed by atoms with van der Waals surface area (Å²) in [6.07, 6.45) is 1.18. The van der Waals surface area contributed by atoms with Gasteiger partial charge in [-0.15, -0.1) is 5.10 Å². The maximum Gasteiger partial charge on any atom is 0.235 e. The first-order chi connectivity index (χ1) is 12.9. The van der Waals surface area contributed by atoms with Crippen LogP contribution in [-0.2, 0) is 4.79 Å². The van der Waals surface area contributed by atoms with Crippen LogP contribution in [0, 0.1) is 18.8 Å². The van der Waals surface area contributed by atoms with E-state index in [1.807, 2.05) is 36.9 Å². The van der Waals surface area contributed by atoms with Gasteiger partial charge in [0.2, 0.25) is 11.1 Å². The molecule has 0 bridgehead atoms. The molecule has 2 heterocycles. The summed E-state index contributed by atoms with van der Waals surface area (Å²) in [7, 11) is 1.62. The highest BCUT2D eigenvalue weighted by atomic mass is 32.2. The molecule has 0 saturated carbocycles. The number of rotatable bonds is 5. The average Bonchev–Trinajstić information content (AvgIpc) is 3.08. The van der Waals surface area contributed by atoms with Crippen LogP contribution in [-0.4, -0.2) is 56.5 Å². The van der Waals surface area contributed by atoms with Crippen molar-refractivity contribution in [1.29, 1.82) is 0 Å². The number of hydrogen-bond acceptors (Lipinski definition) is 6.